The molecule has 2 aliphatic rings. The summed E-state index contributed by atoms with van der Waals surface area (Å²) in [6.45, 7) is 7.92. The lowest BCUT2D eigenvalue weighted by atomic mass is 10.0. The molecular weight excluding hydrogens is 398 g/mol. The first-order valence-electron chi connectivity index (χ1n) is 11.3. The predicted molar refractivity (Wildman–Crippen MR) is 119 cm³/mol. The summed E-state index contributed by atoms with van der Waals surface area (Å²) in [5.41, 5.74) is 0. The van der Waals surface area contributed by atoms with Gasteiger partial charge in [0.05, 0.1) is 18.6 Å². The molecule has 0 spiro atoms. The van der Waals surface area contributed by atoms with Crippen molar-refractivity contribution in [2.45, 2.75) is 70.1 Å². The topological polar surface area (TPSA) is 67.4 Å². The quantitative estimate of drug-likeness (QED) is 0.617. The highest BCUT2D eigenvalue weighted by Gasteiger charge is 2.27. The van der Waals surface area contributed by atoms with Gasteiger partial charge in [-0.05, 0) is 56.6 Å². The number of likely N-dealkylation sites (tertiary alicyclic amines) is 1. The number of piperidine rings is 2. The standard InChI is InChI=1S/C22H33N5O2S/c1-3-18-9-4-5-12-26(18)20(28)16-30-22-24-23-21(25-11-6-8-17(2)14-25)27(22)15-19-10-7-13-29-19/h7,10,13,17-18H,3-6,8-9,11-12,14-16H2,1-2H3. The van der Waals surface area contributed by atoms with E-state index >= 15 is 0 Å². The van der Waals surface area contributed by atoms with Crippen molar-refractivity contribution in [3.05, 3.63) is 24.2 Å². The van der Waals surface area contributed by atoms with Crippen LogP contribution in [0.3, 0.4) is 0 Å². The van der Waals surface area contributed by atoms with Crippen LogP contribution in [-0.2, 0) is 11.3 Å². The molecule has 0 saturated carbocycles. The van der Waals surface area contributed by atoms with Crippen molar-refractivity contribution in [1.29, 1.82) is 0 Å². The lowest BCUT2D eigenvalue weighted by molar-refractivity contribution is -0.132. The lowest BCUT2D eigenvalue weighted by Crippen LogP contribution is -2.44. The third-order valence-corrected chi connectivity index (χ3v) is 7.23. The van der Waals surface area contributed by atoms with Gasteiger partial charge in [-0.15, -0.1) is 10.2 Å². The zero-order valence-corrected chi connectivity index (χ0v) is 18.9. The number of anilines is 1. The molecule has 2 saturated heterocycles. The van der Waals surface area contributed by atoms with Gasteiger partial charge in [-0.1, -0.05) is 25.6 Å². The minimum absolute atomic E-state index is 0.215. The summed E-state index contributed by atoms with van der Waals surface area (Å²) in [6, 6.07) is 4.26. The molecule has 4 rings (SSSR count). The van der Waals surface area contributed by atoms with Gasteiger partial charge < -0.3 is 14.2 Å². The van der Waals surface area contributed by atoms with E-state index < -0.39 is 0 Å². The Kier molecular flexibility index (Phi) is 7.02. The maximum atomic E-state index is 12.9. The third-order valence-electron chi connectivity index (χ3n) is 6.27. The fourth-order valence-corrected chi connectivity index (χ4v) is 5.47. The van der Waals surface area contributed by atoms with Crippen LogP contribution in [0.15, 0.2) is 28.0 Å². The van der Waals surface area contributed by atoms with E-state index in [2.05, 4.69) is 38.4 Å². The zero-order chi connectivity index (χ0) is 20.9. The molecule has 7 nitrogen and oxygen atoms in total. The van der Waals surface area contributed by atoms with Crippen LogP contribution in [0.5, 0.6) is 0 Å². The van der Waals surface area contributed by atoms with E-state index in [-0.39, 0.29) is 5.91 Å². The molecule has 0 N–H and O–H groups in total. The second-order valence-electron chi connectivity index (χ2n) is 8.58. The van der Waals surface area contributed by atoms with Crippen molar-refractivity contribution < 1.29 is 9.21 Å². The van der Waals surface area contributed by atoms with Gasteiger partial charge in [-0.3, -0.25) is 9.36 Å². The Morgan fingerprint density at radius 2 is 2.13 bits per heavy atom. The first-order valence-corrected chi connectivity index (χ1v) is 12.3. The fraction of sp³-hybridized carbons (Fsp3) is 0.682. The summed E-state index contributed by atoms with van der Waals surface area (Å²) in [4.78, 5) is 17.3. The Morgan fingerprint density at radius 1 is 1.23 bits per heavy atom. The first kappa shape index (κ1) is 21.3. The number of thioether (sulfide) groups is 1. The molecule has 0 radical (unpaired) electrons. The number of rotatable bonds is 7. The number of carbonyl (C=O) groups is 1. The molecule has 2 atom stereocenters. The molecule has 2 aromatic rings. The summed E-state index contributed by atoms with van der Waals surface area (Å²) < 4.78 is 7.71. The number of hydrogen-bond donors (Lipinski definition) is 0. The van der Waals surface area contributed by atoms with E-state index in [1.54, 1.807) is 6.26 Å². The van der Waals surface area contributed by atoms with Gasteiger partial charge in [-0.2, -0.15) is 0 Å². The molecule has 30 heavy (non-hydrogen) atoms. The van der Waals surface area contributed by atoms with E-state index in [9.17, 15) is 4.79 Å². The average Bonchev–Trinajstić information content (AvgIpc) is 3.42. The van der Waals surface area contributed by atoms with Gasteiger partial charge in [0, 0.05) is 25.7 Å². The van der Waals surface area contributed by atoms with Gasteiger partial charge in [0.1, 0.15) is 5.76 Å². The van der Waals surface area contributed by atoms with Crippen molar-refractivity contribution in [1.82, 2.24) is 19.7 Å². The highest BCUT2D eigenvalue weighted by molar-refractivity contribution is 7.99. The number of furan rings is 1. The Hall–Kier alpha value is -1.96. The molecule has 2 aliphatic heterocycles. The van der Waals surface area contributed by atoms with E-state index in [4.69, 9.17) is 4.42 Å². The van der Waals surface area contributed by atoms with Gasteiger partial charge in [0.25, 0.3) is 0 Å². The summed E-state index contributed by atoms with van der Waals surface area (Å²) in [6.07, 6.45) is 8.61. The largest absolute Gasteiger partial charge is 0.467 e. The monoisotopic (exact) mass is 431 g/mol. The molecular formula is C22H33N5O2S. The normalized spacial score (nSPS) is 22.5. The molecule has 2 fully saturated rings. The Balaban J connectivity index is 1.49. The van der Waals surface area contributed by atoms with Crippen molar-refractivity contribution in [2.75, 3.05) is 30.3 Å². The number of nitrogens with zero attached hydrogens (tertiary/aromatic N) is 5. The van der Waals surface area contributed by atoms with Crippen molar-refractivity contribution in [3.8, 4) is 0 Å². The average molecular weight is 432 g/mol. The number of amides is 1. The second kappa shape index (κ2) is 9.90. The summed E-state index contributed by atoms with van der Waals surface area (Å²) in [5.74, 6) is 3.03. The fourth-order valence-electron chi connectivity index (χ4n) is 4.65. The summed E-state index contributed by atoms with van der Waals surface area (Å²) >= 11 is 1.50. The maximum absolute atomic E-state index is 12.9. The SMILES string of the molecule is CCC1CCCCN1C(=O)CSc1nnc(N2CCCC(C)C2)n1Cc1ccco1. The van der Waals surface area contributed by atoms with Crippen molar-refractivity contribution >= 4 is 23.6 Å². The van der Waals surface area contributed by atoms with Crippen molar-refractivity contribution in [2.24, 2.45) is 5.92 Å². The highest BCUT2D eigenvalue weighted by atomic mass is 32.2. The van der Waals surface area contributed by atoms with E-state index in [0.29, 0.717) is 24.3 Å². The van der Waals surface area contributed by atoms with E-state index in [0.717, 1.165) is 55.8 Å². The minimum atomic E-state index is 0.215. The molecule has 0 aliphatic carbocycles. The van der Waals surface area contributed by atoms with Crippen LogP contribution in [0.1, 0.15) is 58.1 Å². The number of carbonyl (C=O) groups excluding carboxylic acids is 1. The van der Waals surface area contributed by atoms with Crippen LogP contribution in [-0.4, -0.2) is 57.0 Å². The van der Waals surface area contributed by atoms with Crippen LogP contribution >= 0.6 is 11.8 Å². The molecule has 0 aromatic carbocycles. The molecule has 4 heterocycles. The van der Waals surface area contributed by atoms with Crippen LogP contribution in [0, 0.1) is 5.92 Å². The van der Waals surface area contributed by atoms with Crippen LogP contribution < -0.4 is 4.90 Å². The number of aromatic nitrogens is 3. The molecule has 164 valence electrons. The zero-order valence-electron chi connectivity index (χ0n) is 18.1. The Morgan fingerprint density at radius 3 is 2.90 bits per heavy atom. The smallest absolute Gasteiger partial charge is 0.233 e. The van der Waals surface area contributed by atoms with E-state index in [1.807, 2.05) is 12.1 Å². The highest BCUT2D eigenvalue weighted by Crippen LogP contribution is 2.28. The van der Waals surface area contributed by atoms with Gasteiger partial charge in [-0.25, -0.2) is 0 Å². The van der Waals surface area contributed by atoms with Crippen LogP contribution in [0.4, 0.5) is 5.95 Å². The summed E-state index contributed by atoms with van der Waals surface area (Å²) in [7, 11) is 0. The Bertz CT molecular complexity index is 822. The lowest BCUT2D eigenvalue weighted by Gasteiger charge is -2.35. The van der Waals surface area contributed by atoms with Gasteiger partial charge >= 0.3 is 0 Å². The predicted octanol–water partition coefficient (Wildman–Crippen LogP) is 4.04. The minimum Gasteiger partial charge on any atom is -0.467 e. The second-order valence-corrected chi connectivity index (χ2v) is 9.52. The van der Waals surface area contributed by atoms with Gasteiger partial charge in [0.15, 0.2) is 5.16 Å². The summed E-state index contributed by atoms with van der Waals surface area (Å²) in [5, 5.41) is 9.79. The maximum Gasteiger partial charge on any atom is 0.233 e. The van der Waals surface area contributed by atoms with Crippen LogP contribution in [0.2, 0.25) is 0 Å². The first-order chi connectivity index (χ1) is 14.7. The Labute approximate surface area is 183 Å². The van der Waals surface area contributed by atoms with E-state index in [1.165, 1.54) is 31.0 Å². The molecule has 2 unspecified atom stereocenters. The molecule has 8 heteroatoms. The van der Waals surface area contributed by atoms with Gasteiger partial charge in [0.2, 0.25) is 11.9 Å². The number of hydrogen-bond acceptors (Lipinski definition) is 6. The van der Waals surface area contributed by atoms with Crippen molar-refractivity contribution in [3.63, 3.8) is 0 Å². The van der Waals surface area contributed by atoms with Crippen LogP contribution in [0.25, 0.3) is 0 Å². The molecule has 2 aromatic heterocycles. The molecule has 0 bridgehead atoms. The molecule has 1 amide bonds. The third kappa shape index (κ3) is 4.85.